The standard InChI is InChI=1S/C18H20N2O4S/c19-25(23,24)17-10-14(18(21)22)9-16(20-11-13-6-7-13)15(17)8-12-4-2-1-3-5-12/h1-5,9-10,13,20H,6-8,11H2,(H,21,22)(H2,19,23,24). The SMILES string of the molecule is NS(=O)(=O)c1cc(C(=O)O)cc(NCC2CC2)c1Cc1ccccc1. The summed E-state index contributed by atoms with van der Waals surface area (Å²) in [6, 6.07) is 12.0. The molecule has 3 rings (SSSR count). The van der Waals surface area contributed by atoms with E-state index in [0.717, 1.165) is 24.5 Å². The summed E-state index contributed by atoms with van der Waals surface area (Å²) >= 11 is 0. The van der Waals surface area contributed by atoms with E-state index in [4.69, 9.17) is 5.14 Å². The number of carbonyl (C=O) groups is 1. The third-order valence-electron chi connectivity index (χ3n) is 4.26. The number of nitrogens with one attached hydrogen (secondary N) is 1. The number of nitrogens with two attached hydrogens (primary N) is 1. The molecule has 6 nitrogen and oxygen atoms in total. The van der Waals surface area contributed by atoms with Gasteiger partial charge in [-0.25, -0.2) is 18.4 Å². The zero-order valence-corrected chi connectivity index (χ0v) is 14.4. The van der Waals surface area contributed by atoms with Crippen LogP contribution in [0.3, 0.4) is 0 Å². The van der Waals surface area contributed by atoms with Gasteiger partial charge in [0.2, 0.25) is 10.0 Å². The zero-order valence-electron chi connectivity index (χ0n) is 13.6. The van der Waals surface area contributed by atoms with Gasteiger partial charge in [0.05, 0.1) is 10.5 Å². The molecule has 0 spiro atoms. The summed E-state index contributed by atoms with van der Waals surface area (Å²) in [4.78, 5) is 11.2. The molecule has 0 aliphatic heterocycles. The van der Waals surface area contributed by atoms with E-state index < -0.39 is 16.0 Å². The Morgan fingerprint density at radius 1 is 1.20 bits per heavy atom. The molecule has 1 aliphatic rings. The van der Waals surface area contributed by atoms with E-state index in [9.17, 15) is 18.3 Å². The highest BCUT2D eigenvalue weighted by Gasteiger charge is 2.24. The highest BCUT2D eigenvalue weighted by molar-refractivity contribution is 7.89. The van der Waals surface area contributed by atoms with Gasteiger partial charge in [0, 0.05) is 18.7 Å². The van der Waals surface area contributed by atoms with Crippen molar-refractivity contribution < 1.29 is 18.3 Å². The monoisotopic (exact) mass is 360 g/mol. The van der Waals surface area contributed by atoms with E-state index in [1.54, 1.807) is 0 Å². The fraction of sp³-hybridized carbons (Fsp3) is 0.278. The van der Waals surface area contributed by atoms with Crippen molar-refractivity contribution in [3.63, 3.8) is 0 Å². The molecule has 0 amide bonds. The second-order valence-electron chi connectivity index (χ2n) is 6.34. The van der Waals surface area contributed by atoms with E-state index in [-0.39, 0.29) is 10.5 Å². The van der Waals surface area contributed by atoms with Gasteiger partial charge in [0.1, 0.15) is 0 Å². The molecule has 1 saturated carbocycles. The van der Waals surface area contributed by atoms with Gasteiger partial charge in [-0.15, -0.1) is 0 Å². The smallest absolute Gasteiger partial charge is 0.335 e. The van der Waals surface area contributed by atoms with E-state index in [0.29, 0.717) is 30.1 Å². The number of aromatic carboxylic acids is 1. The lowest BCUT2D eigenvalue weighted by molar-refractivity contribution is 0.0696. The Morgan fingerprint density at radius 3 is 2.44 bits per heavy atom. The van der Waals surface area contributed by atoms with Gasteiger partial charge < -0.3 is 10.4 Å². The van der Waals surface area contributed by atoms with E-state index in [1.807, 2.05) is 30.3 Å². The van der Waals surface area contributed by atoms with Crippen molar-refractivity contribution in [2.24, 2.45) is 11.1 Å². The summed E-state index contributed by atoms with van der Waals surface area (Å²) < 4.78 is 24.2. The molecule has 1 aliphatic carbocycles. The number of benzene rings is 2. The summed E-state index contributed by atoms with van der Waals surface area (Å²) in [5.41, 5.74) is 1.84. The van der Waals surface area contributed by atoms with Gasteiger partial charge in [-0.3, -0.25) is 0 Å². The summed E-state index contributed by atoms with van der Waals surface area (Å²) in [6.45, 7) is 0.689. The van der Waals surface area contributed by atoms with E-state index in [1.165, 1.54) is 6.07 Å². The number of carboxylic acid groups (broad SMARTS) is 1. The lowest BCUT2D eigenvalue weighted by atomic mass is 10.0. The van der Waals surface area contributed by atoms with Crippen LogP contribution in [0.1, 0.15) is 34.3 Å². The first-order valence-corrected chi connectivity index (χ1v) is 9.60. The molecule has 0 atom stereocenters. The van der Waals surface area contributed by atoms with Crippen molar-refractivity contribution in [3.05, 3.63) is 59.2 Å². The highest BCUT2D eigenvalue weighted by Crippen LogP contribution is 2.32. The zero-order chi connectivity index (χ0) is 18.0. The largest absolute Gasteiger partial charge is 0.478 e. The number of hydrogen-bond acceptors (Lipinski definition) is 4. The number of anilines is 1. The van der Waals surface area contributed by atoms with Crippen molar-refractivity contribution in [2.75, 3.05) is 11.9 Å². The maximum Gasteiger partial charge on any atom is 0.335 e. The van der Waals surface area contributed by atoms with Gasteiger partial charge in [-0.05, 0) is 42.0 Å². The molecular weight excluding hydrogens is 340 g/mol. The Labute approximate surface area is 146 Å². The molecule has 0 heterocycles. The molecular formula is C18H20N2O4S. The minimum absolute atomic E-state index is 0.0980. The van der Waals surface area contributed by atoms with Crippen molar-refractivity contribution in [3.8, 4) is 0 Å². The number of primary sulfonamides is 1. The fourth-order valence-electron chi connectivity index (χ4n) is 2.74. The second-order valence-corrected chi connectivity index (χ2v) is 7.87. The summed E-state index contributed by atoms with van der Waals surface area (Å²) in [6.07, 6.45) is 2.60. The molecule has 7 heteroatoms. The average Bonchev–Trinajstić information content (AvgIpc) is 3.37. The number of sulfonamides is 1. The van der Waals surface area contributed by atoms with Gasteiger partial charge in [-0.2, -0.15) is 0 Å². The predicted octanol–water partition coefficient (Wildman–Crippen LogP) is 2.44. The van der Waals surface area contributed by atoms with Crippen molar-refractivity contribution in [1.82, 2.24) is 0 Å². The van der Waals surface area contributed by atoms with Crippen molar-refractivity contribution in [1.29, 1.82) is 0 Å². The van der Waals surface area contributed by atoms with Crippen LogP contribution in [0.25, 0.3) is 0 Å². The number of hydrogen-bond donors (Lipinski definition) is 3. The minimum atomic E-state index is -4.06. The topological polar surface area (TPSA) is 109 Å². The molecule has 4 N–H and O–H groups in total. The maximum atomic E-state index is 12.1. The van der Waals surface area contributed by atoms with Gasteiger partial charge in [0.15, 0.2) is 0 Å². The Morgan fingerprint density at radius 2 is 1.88 bits per heavy atom. The fourth-order valence-corrected chi connectivity index (χ4v) is 3.56. The summed E-state index contributed by atoms with van der Waals surface area (Å²) in [5.74, 6) is -0.637. The molecule has 0 aromatic heterocycles. The van der Waals surface area contributed by atoms with Gasteiger partial charge in [-0.1, -0.05) is 30.3 Å². The quantitative estimate of drug-likeness (QED) is 0.702. The number of rotatable bonds is 7. The first-order chi connectivity index (χ1) is 11.8. The second kappa shape index (κ2) is 6.85. The molecule has 0 saturated heterocycles. The highest BCUT2D eigenvalue weighted by atomic mass is 32.2. The van der Waals surface area contributed by atoms with Crippen LogP contribution >= 0.6 is 0 Å². The van der Waals surface area contributed by atoms with Crippen molar-refractivity contribution >= 4 is 21.7 Å². The van der Waals surface area contributed by atoms with Crippen LogP contribution in [0.4, 0.5) is 5.69 Å². The van der Waals surface area contributed by atoms with Crippen LogP contribution in [-0.2, 0) is 16.4 Å². The summed E-state index contributed by atoms with van der Waals surface area (Å²) in [5, 5.41) is 17.9. The van der Waals surface area contributed by atoms with E-state index in [2.05, 4.69) is 5.32 Å². The van der Waals surface area contributed by atoms with Crippen LogP contribution in [0.2, 0.25) is 0 Å². The first kappa shape index (κ1) is 17.4. The molecule has 0 bridgehead atoms. The molecule has 25 heavy (non-hydrogen) atoms. The van der Waals surface area contributed by atoms with Crippen molar-refractivity contribution in [2.45, 2.75) is 24.2 Å². The Balaban J connectivity index is 2.10. The third kappa shape index (κ3) is 4.37. The maximum absolute atomic E-state index is 12.1. The Hall–Kier alpha value is -2.38. The molecule has 2 aromatic carbocycles. The van der Waals surface area contributed by atoms with Gasteiger partial charge >= 0.3 is 5.97 Å². The third-order valence-corrected chi connectivity index (χ3v) is 5.24. The first-order valence-electron chi connectivity index (χ1n) is 8.05. The van der Waals surface area contributed by atoms with Crippen LogP contribution in [0.5, 0.6) is 0 Å². The Kier molecular flexibility index (Phi) is 4.78. The molecule has 1 fully saturated rings. The molecule has 0 unspecified atom stereocenters. The minimum Gasteiger partial charge on any atom is -0.478 e. The van der Waals surface area contributed by atoms with Crippen LogP contribution in [0.15, 0.2) is 47.4 Å². The summed E-state index contributed by atoms with van der Waals surface area (Å²) in [7, 11) is -4.06. The lowest BCUT2D eigenvalue weighted by Crippen LogP contribution is -2.18. The van der Waals surface area contributed by atoms with Crippen LogP contribution in [-0.4, -0.2) is 26.0 Å². The average molecular weight is 360 g/mol. The van der Waals surface area contributed by atoms with Gasteiger partial charge in [0.25, 0.3) is 0 Å². The number of carboxylic acids is 1. The normalized spacial score (nSPS) is 14.3. The lowest BCUT2D eigenvalue weighted by Gasteiger charge is -2.17. The molecule has 2 aromatic rings. The van der Waals surface area contributed by atoms with Crippen LogP contribution in [0, 0.1) is 5.92 Å². The van der Waals surface area contributed by atoms with Crippen LogP contribution < -0.4 is 10.5 Å². The Bertz CT molecular complexity index is 891. The molecule has 0 radical (unpaired) electrons. The molecule has 132 valence electrons. The van der Waals surface area contributed by atoms with E-state index >= 15 is 0 Å². The predicted molar refractivity (Wildman–Crippen MR) is 95.2 cm³/mol.